The van der Waals surface area contributed by atoms with Gasteiger partial charge in [-0.25, -0.2) is 4.57 Å². The van der Waals surface area contributed by atoms with E-state index in [9.17, 15) is 19.0 Å². The quantitative estimate of drug-likeness (QED) is 0.0205. The lowest BCUT2D eigenvalue weighted by Gasteiger charge is -2.27. The summed E-state index contributed by atoms with van der Waals surface area (Å²) < 4.78 is 30.7. The summed E-state index contributed by atoms with van der Waals surface area (Å²) in [5, 5.41) is 3.04. The van der Waals surface area contributed by atoms with E-state index in [1.54, 1.807) is 0 Å². The Morgan fingerprint density at radius 3 is 1.21 bits per heavy atom. The molecule has 9 nitrogen and oxygen atoms in total. The lowest BCUT2D eigenvalue weighted by atomic mass is 10.0. The van der Waals surface area contributed by atoms with Crippen molar-refractivity contribution < 1.29 is 37.3 Å². The van der Waals surface area contributed by atoms with E-state index in [1.165, 1.54) is 70.6 Å². The highest BCUT2D eigenvalue weighted by Gasteiger charge is 2.30. The van der Waals surface area contributed by atoms with Gasteiger partial charge in [0.15, 0.2) is 0 Å². The molecule has 0 rings (SSSR count). The Balaban J connectivity index is 5.30. The number of likely N-dealkylation sites (N-methyl/N-ethyl adjacent to an activating group) is 1. The number of allylic oxidation sites excluding steroid dienone is 21. The van der Waals surface area contributed by atoms with E-state index in [-0.39, 0.29) is 31.5 Å². The summed E-state index contributed by atoms with van der Waals surface area (Å²) in [7, 11) is 1.45. The van der Waals surface area contributed by atoms with Crippen LogP contribution in [0.1, 0.15) is 245 Å². The van der Waals surface area contributed by atoms with E-state index >= 15 is 0 Å². The summed E-state index contributed by atoms with van der Waals surface area (Å²) in [6.45, 7) is 6.74. The Morgan fingerprint density at radius 1 is 0.450 bits per heavy atom. The van der Waals surface area contributed by atoms with Gasteiger partial charge in [0.2, 0.25) is 5.91 Å². The topological polar surface area (TPSA) is 111 Å². The second kappa shape index (κ2) is 58.4. The zero-order chi connectivity index (χ0) is 58.6. The molecule has 0 heterocycles. The number of quaternary nitrogens is 1. The molecule has 2 N–H and O–H groups in total. The zero-order valence-corrected chi connectivity index (χ0v) is 52.9. The Labute approximate surface area is 492 Å². The summed E-state index contributed by atoms with van der Waals surface area (Å²) in [5.41, 5.74) is 0. The van der Waals surface area contributed by atoms with Gasteiger partial charge in [0.1, 0.15) is 19.3 Å². The average Bonchev–Trinajstić information content (AvgIpc) is 3.42. The van der Waals surface area contributed by atoms with Crippen molar-refractivity contribution in [3.8, 4) is 0 Å². The third-order valence-electron chi connectivity index (χ3n) is 13.3. The molecule has 1 amide bonds. The summed E-state index contributed by atoms with van der Waals surface area (Å²) in [6.07, 6.45) is 83.1. The number of phosphoric acid groups is 1. The Morgan fingerprint density at radius 2 is 0.800 bits per heavy atom. The van der Waals surface area contributed by atoms with Crippen molar-refractivity contribution in [3.05, 3.63) is 134 Å². The average molecular weight is 1130 g/mol. The minimum absolute atomic E-state index is 0.0247. The first-order chi connectivity index (χ1) is 38.9. The van der Waals surface area contributed by atoms with E-state index in [4.69, 9.17) is 13.8 Å². The Kier molecular flexibility index (Phi) is 55.5. The molecule has 0 aromatic heterocycles. The van der Waals surface area contributed by atoms with Crippen molar-refractivity contribution in [1.82, 2.24) is 5.32 Å². The standard InChI is InChI=1S/C70H119N2O7P/c1-7-10-13-16-19-22-25-28-30-32-34-35-36-37-39-40-42-44-47-50-53-56-59-62-69(73)71-67(66-78-80(75,76)77-65-64-72(4,5)6)68(61-58-55-52-49-46-27-24-21-18-15-12-9-3)79-70(74)63-60-57-54-51-48-45-43-41-38-33-31-29-26-23-20-17-14-11-8-2/h10-11,13-14,19-20,22-23,28-31,34-35,37-39,41,45,48,58,61,67-68H,7-9,12,15-18,21,24-27,32-33,36,40,42-44,46-47,49-57,59-60,62-66H2,1-6H3,(H-,71,73,75,76)/p+1/b13-10-,14-11-,22-19-,23-20-,30-28-,31-29-,35-34-,39-37-,41-38-,48-45-,61-58-. The van der Waals surface area contributed by atoms with Crippen molar-refractivity contribution in [3.63, 3.8) is 0 Å². The van der Waals surface area contributed by atoms with Gasteiger partial charge in [-0.15, -0.1) is 0 Å². The molecule has 10 heteroatoms. The van der Waals surface area contributed by atoms with Gasteiger partial charge in [0.05, 0.1) is 33.8 Å². The van der Waals surface area contributed by atoms with Gasteiger partial charge in [0, 0.05) is 12.8 Å². The second-order valence-electron chi connectivity index (χ2n) is 22.2. The summed E-state index contributed by atoms with van der Waals surface area (Å²) >= 11 is 0. The first-order valence-corrected chi connectivity index (χ1v) is 33.5. The van der Waals surface area contributed by atoms with E-state index in [0.29, 0.717) is 23.9 Å². The lowest BCUT2D eigenvalue weighted by molar-refractivity contribution is -0.870. The van der Waals surface area contributed by atoms with E-state index in [2.05, 4.69) is 148 Å². The molecule has 3 atom stereocenters. The van der Waals surface area contributed by atoms with E-state index in [1.807, 2.05) is 33.3 Å². The number of carbonyl (C=O) groups excluding carboxylic acids is 2. The van der Waals surface area contributed by atoms with Crippen LogP contribution in [0.15, 0.2) is 134 Å². The number of phosphoric ester groups is 1. The van der Waals surface area contributed by atoms with Crippen LogP contribution in [0.4, 0.5) is 0 Å². The van der Waals surface area contributed by atoms with Crippen LogP contribution in [0.3, 0.4) is 0 Å². The lowest BCUT2D eigenvalue weighted by Crippen LogP contribution is -2.47. The fraction of sp³-hybridized carbons (Fsp3) is 0.657. The first-order valence-electron chi connectivity index (χ1n) is 32.0. The minimum Gasteiger partial charge on any atom is -0.456 e. The highest BCUT2D eigenvalue weighted by molar-refractivity contribution is 7.47. The van der Waals surface area contributed by atoms with E-state index < -0.39 is 20.0 Å². The van der Waals surface area contributed by atoms with Crippen LogP contribution < -0.4 is 5.32 Å². The van der Waals surface area contributed by atoms with Crippen molar-refractivity contribution in [2.24, 2.45) is 0 Å². The highest BCUT2D eigenvalue weighted by Crippen LogP contribution is 2.43. The predicted molar refractivity (Wildman–Crippen MR) is 346 cm³/mol. The zero-order valence-electron chi connectivity index (χ0n) is 52.0. The molecule has 0 bridgehead atoms. The summed E-state index contributed by atoms with van der Waals surface area (Å²) in [4.78, 5) is 37.8. The second-order valence-corrected chi connectivity index (χ2v) is 23.6. The normalized spacial score (nSPS) is 14.5. The molecular weight excluding hydrogens is 1010 g/mol. The summed E-state index contributed by atoms with van der Waals surface area (Å²) in [6, 6.07) is -0.879. The fourth-order valence-electron chi connectivity index (χ4n) is 8.46. The summed E-state index contributed by atoms with van der Waals surface area (Å²) in [5.74, 6) is -0.564. The predicted octanol–water partition coefficient (Wildman–Crippen LogP) is 20.1. The Bertz CT molecular complexity index is 1830. The number of rotatable bonds is 56. The van der Waals surface area contributed by atoms with Crippen LogP contribution in [0.2, 0.25) is 0 Å². The maximum Gasteiger partial charge on any atom is 0.472 e. The Hall–Kier alpha value is -3.85. The maximum atomic E-state index is 13.6. The molecule has 456 valence electrons. The van der Waals surface area contributed by atoms with Crippen molar-refractivity contribution >= 4 is 19.7 Å². The highest BCUT2D eigenvalue weighted by atomic mass is 31.2. The third kappa shape index (κ3) is 58.8. The van der Waals surface area contributed by atoms with Crippen LogP contribution in [-0.4, -0.2) is 74.3 Å². The third-order valence-corrected chi connectivity index (χ3v) is 14.3. The van der Waals surface area contributed by atoms with Crippen LogP contribution in [0, 0.1) is 0 Å². The number of amides is 1. The van der Waals surface area contributed by atoms with Crippen molar-refractivity contribution in [2.75, 3.05) is 40.9 Å². The fourth-order valence-corrected chi connectivity index (χ4v) is 9.20. The molecule has 0 saturated heterocycles. The number of hydrogen-bond donors (Lipinski definition) is 2. The van der Waals surface area contributed by atoms with Gasteiger partial charge < -0.3 is 19.4 Å². The van der Waals surface area contributed by atoms with Gasteiger partial charge in [-0.05, 0) is 122 Å². The van der Waals surface area contributed by atoms with Crippen LogP contribution in [0.25, 0.3) is 0 Å². The number of unbranched alkanes of at least 4 members (excludes halogenated alkanes) is 20. The number of esters is 1. The SMILES string of the molecule is CC/C=C\C/C=C\C/C=C\C/C=C\C/C=C\CCCCCCCCCC(=O)NC(COP(=O)(O)OCC[N+](C)(C)C)C(/C=C\CCCCCCCCCCCC)OC(=O)CCCCC/C=C\C/C=C\C/C=C\C/C=C\C/C=C\CC. The maximum absolute atomic E-state index is 13.6. The molecule has 3 unspecified atom stereocenters. The van der Waals surface area contributed by atoms with Crippen LogP contribution in [-0.2, 0) is 27.9 Å². The van der Waals surface area contributed by atoms with Gasteiger partial charge >= 0.3 is 13.8 Å². The largest absolute Gasteiger partial charge is 0.472 e. The van der Waals surface area contributed by atoms with Crippen LogP contribution >= 0.6 is 7.82 Å². The minimum atomic E-state index is -4.47. The van der Waals surface area contributed by atoms with Crippen molar-refractivity contribution in [1.29, 1.82) is 0 Å². The smallest absolute Gasteiger partial charge is 0.456 e. The molecule has 0 aliphatic carbocycles. The number of carbonyl (C=O) groups is 2. The molecule has 0 aromatic carbocycles. The number of ether oxygens (including phenoxy) is 1. The molecule has 0 aromatic rings. The molecule has 0 aliphatic rings. The number of nitrogens with zero attached hydrogens (tertiary/aromatic N) is 1. The molecule has 0 fully saturated rings. The first kappa shape index (κ1) is 76.1. The molecule has 0 radical (unpaired) electrons. The molecule has 80 heavy (non-hydrogen) atoms. The van der Waals surface area contributed by atoms with E-state index in [0.717, 1.165) is 135 Å². The molecule has 0 saturated carbocycles. The van der Waals surface area contributed by atoms with Crippen LogP contribution in [0.5, 0.6) is 0 Å². The van der Waals surface area contributed by atoms with Gasteiger partial charge in [0.25, 0.3) is 0 Å². The molecular formula is C70H120N2O7P+. The number of hydrogen-bond acceptors (Lipinski definition) is 6. The van der Waals surface area contributed by atoms with Crippen molar-refractivity contribution in [2.45, 2.75) is 258 Å². The monoisotopic (exact) mass is 1130 g/mol. The number of nitrogens with one attached hydrogen (secondary N) is 1. The molecule has 0 spiro atoms. The van der Waals surface area contributed by atoms with Gasteiger partial charge in [-0.1, -0.05) is 245 Å². The van der Waals surface area contributed by atoms with Gasteiger partial charge in [-0.3, -0.25) is 18.6 Å². The van der Waals surface area contributed by atoms with Gasteiger partial charge in [-0.2, -0.15) is 0 Å². The molecule has 0 aliphatic heterocycles.